The zero-order valence-corrected chi connectivity index (χ0v) is 9.64. The molecule has 2 rings (SSSR count). The number of rotatable bonds is 4. The number of nitrogens with one attached hydrogen (secondary N) is 2. The van der Waals surface area contributed by atoms with Crippen LogP contribution in [0, 0.1) is 5.41 Å². The van der Waals surface area contributed by atoms with Gasteiger partial charge in [0.1, 0.15) is 0 Å². The Morgan fingerprint density at radius 2 is 2.27 bits per heavy atom. The van der Waals surface area contributed by atoms with Gasteiger partial charge in [-0.15, -0.1) is 0 Å². The molecule has 0 spiro atoms. The van der Waals surface area contributed by atoms with Gasteiger partial charge in [-0.25, -0.2) is 0 Å². The average Bonchev–Trinajstić information content (AvgIpc) is 2.69. The molecule has 0 aromatic heterocycles. The topological polar surface area (TPSA) is 41.1 Å². The second-order valence-electron chi connectivity index (χ2n) is 5.07. The first-order valence-electron chi connectivity index (χ1n) is 6.27. The Bertz CT molecular complexity index is 224. The van der Waals surface area contributed by atoms with E-state index in [1.165, 1.54) is 25.7 Å². The summed E-state index contributed by atoms with van der Waals surface area (Å²) in [4.78, 5) is 11.8. The first kappa shape index (κ1) is 10.9. The van der Waals surface area contributed by atoms with Gasteiger partial charge in [0.25, 0.3) is 0 Å². The third-order valence-corrected chi connectivity index (χ3v) is 4.18. The second-order valence-corrected chi connectivity index (χ2v) is 5.07. The second kappa shape index (κ2) is 4.52. The Hall–Kier alpha value is -0.570. The molecule has 1 aliphatic heterocycles. The predicted molar refractivity (Wildman–Crippen MR) is 60.6 cm³/mol. The van der Waals surface area contributed by atoms with Gasteiger partial charge in [-0.2, -0.15) is 0 Å². The average molecular weight is 210 g/mol. The molecular weight excluding hydrogens is 188 g/mol. The Balaban J connectivity index is 1.74. The number of carbonyl (C=O) groups is 1. The van der Waals surface area contributed by atoms with Crippen LogP contribution in [-0.2, 0) is 4.79 Å². The fourth-order valence-corrected chi connectivity index (χ4v) is 2.64. The van der Waals surface area contributed by atoms with Crippen LogP contribution in [0.4, 0.5) is 0 Å². The third kappa shape index (κ3) is 2.33. The van der Waals surface area contributed by atoms with E-state index in [0.29, 0.717) is 5.41 Å². The highest BCUT2D eigenvalue weighted by molar-refractivity contribution is 5.82. The van der Waals surface area contributed by atoms with Crippen LogP contribution in [-0.4, -0.2) is 25.0 Å². The van der Waals surface area contributed by atoms with Crippen LogP contribution in [0.25, 0.3) is 0 Å². The molecule has 1 aliphatic carbocycles. The summed E-state index contributed by atoms with van der Waals surface area (Å²) in [5, 5.41) is 6.35. The molecule has 0 bridgehead atoms. The van der Waals surface area contributed by atoms with Crippen LogP contribution >= 0.6 is 0 Å². The maximum absolute atomic E-state index is 11.8. The summed E-state index contributed by atoms with van der Waals surface area (Å²) in [6.07, 6.45) is 7.27. The van der Waals surface area contributed by atoms with Crippen LogP contribution in [0.1, 0.15) is 45.4 Å². The molecule has 3 nitrogen and oxygen atoms in total. The van der Waals surface area contributed by atoms with E-state index in [0.717, 1.165) is 25.9 Å². The van der Waals surface area contributed by atoms with Gasteiger partial charge in [0.05, 0.1) is 6.04 Å². The number of carbonyl (C=O) groups excluding carboxylic acids is 1. The van der Waals surface area contributed by atoms with Gasteiger partial charge >= 0.3 is 0 Å². The largest absolute Gasteiger partial charge is 0.354 e. The number of hydrogen-bond donors (Lipinski definition) is 2. The molecule has 1 unspecified atom stereocenters. The highest BCUT2D eigenvalue weighted by Gasteiger charge is 2.35. The van der Waals surface area contributed by atoms with E-state index < -0.39 is 0 Å². The molecular formula is C12H22N2O. The first-order valence-corrected chi connectivity index (χ1v) is 6.27. The van der Waals surface area contributed by atoms with E-state index in [4.69, 9.17) is 0 Å². The maximum atomic E-state index is 11.8. The van der Waals surface area contributed by atoms with Crippen molar-refractivity contribution in [1.82, 2.24) is 10.6 Å². The predicted octanol–water partition coefficient (Wildman–Crippen LogP) is 1.43. The minimum Gasteiger partial charge on any atom is -0.354 e. The van der Waals surface area contributed by atoms with Crippen LogP contribution in [0.15, 0.2) is 0 Å². The van der Waals surface area contributed by atoms with E-state index in [-0.39, 0.29) is 11.9 Å². The van der Waals surface area contributed by atoms with Gasteiger partial charge in [-0.1, -0.05) is 13.3 Å². The summed E-state index contributed by atoms with van der Waals surface area (Å²) < 4.78 is 0. The Kier molecular flexibility index (Phi) is 3.29. The molecule has 1 atom stereocenters. The van der Waals surface area contributed by atoms with Crippen molar-refractivity contribution in [2.45, 2.75) is 51.5 Å². The van der Waals surface area contributed by atoms with Crippen molar-refractivity contribution in [1.29, 1.82) is 0 Å². The van der Waals surface area contributed by atoms with Crippen LogP contribution < -0.4 is 10.6 Å². The molecule has 2 N–H and O–H groups in total. The van der Waals surface area contributed by atoms with Crippen LogP contribution in [0.3, 0.4) is 0 Å². The summed E-state index contributed by atoms with van der Waals surface area (Å²) in [7, 11) is 0. The molecule has 1 saturated carbocycles. The monoisotopic (exact) mass is 210 g/mol. The minimum absolute atomic E-state index is 0.0824. The smallest absolute Gasteiger partial charge is 0.237 e. The quantitative estimate of drug-likeness (QED) is 0.737. The molecule has 2 aliphatic rings. The van der Waals surface area contributed by atoms with Crippen molar-refractivity contribution in [2.24, 2.45) is 5.41 Å². The number of hydrogen-bond acceptors (Lipinski definition) is 2. The minimum atomic E-state index is 0.0824. The van der Waals surface area contributed by atoms with Crippen molar-refractivity contribution < 1.29 is 4.79 Å². The van der Waals surface area contributed by atoms with Crippen molar-refractivity contribution >= 4 is 5.91 Å². The summed E-state index contributed by atoms with van der Waals surface area (Å²) in [5.74, 6) is 0.215. The highest BCUT2D eigenvalue weighted by Crippen LogP contribution is 2.43. The molecule has 1 amide bonds. The normalized spacial score (nSPS) is 28.5. The van der Waals surface area contributed by atoms with Crippen molar-refractivity contribution in [3.8, 4) is 0 Å². The van der Waals surface area contributed by atoms with Crippen LogP contribution in [0.5, 0.6) is 0 Å². The van der Waals surface area contributed by atoms with E-state index in [1.807, 2.05) is 0 Å². The van der Waals surface area contributed by atoms with Gasteiger partial charge in [-0.05, 0) is 44.1 Å². The van der Waals surface area contributed by atoms with Crippen LogP contribution in [0.2, 0.25) is 0 Å². The Morgan fingerprint density at radius 3 is 2.73 bits per heavy atom. The van der Waals surface area contributed by atoms with E-state index in [1.54, 1.807) is 0 Å². The lowest BCUT2D eigenvalue weighted by molar-refractivity contribution is -0.123. The van der Waals surface area contributed by atoms with Gasteiger partial charge in [0.15, 0.2) is 0 Å². The fraction of sp³-hybridized carbons (Fsp3) is 0.917. The summed E-state index contributed by atoms with van der Waals surface area (Å²) in [6.45, 7) is 4.12. The lowest BCUT2D eigenvalue weighted by atomic mass is 9.67. The Morgan fingerprint density at radius 1 is 1.47 bits per heavy atom. The van der Waals surface area contributed by atoms with E-state index in [2.05, 4.69) is 17.6 Å². The lowest BCUT2D eigenvalue weighted by Gasteiger charge is -2.41. The highest BCUT2D eigenvalue weighted by atomic mass is 16.2. The third-order valence-electron chi connectivity index (χ3n) is 4.18. The summed E-state index contributed by atoms with van der Waals surface area (Å²) >= 11 is 0. The van der Waals surface area contributed by atoms with Crippen molar-refractivity contribution in [2.75, 3.05) is 13.1 Å². The van der Waals surface area contributed by atoms with E-state index in [9.17, 15) is 4.79 Å². The SMILES string of the molecule is CCC1(CNC(=O)C2CCCN2)CCC1. The fourth-order valence-electron chi connectivity index (χ4n) is 2.64. The molecule has 1 heterocycles. The summed E-state index contributed by atoms with van der Waals surface area (Å²) in [6, 6.07) is 0.0824. The molecule has 0 aromatic rings. The van der Waals surface area contributed by atoms with Crippen molar-refractivity contribution in [3.63, 3.8) is 0 Å². The Labute approximate surface area is 92.0 Å². The first-order chi connectivity index (χ1) is 7.26. The molecule has 3 heteroatoms. The molecule has 15 heavy (non-hydrogen) atoms. The molecule has 1 saturated heterocycles. The molecule has 86 valence electrons. The van der Waals surface area contributed by atoms with Gasteiger partial charge < -0.3 is 10.6 Å². The zero-order valence-electron chi connectivity index (χ0n) is 9.64. The molecule has 0 aromatic carbocycles. The molecule has 0 radical (unpaired) electrons. The van der Waals surface area contributed by atoms with Gasteiger partial charge in [0.2, 0.25) is 5.91 Å². The maximum Gasteiger partial charge on any atom is 0.237 e. The molecule has 2 fully saturated rings. The van der Waals surface area contributed by atoms with Gasteiger partial charge in [0, 0.05) is 6.54 Å². The number of amides is 1. The van der Waals surface area contributed by atoms with Crippen molar-refractivity contribution in [3.05, 3.63) is 0 Å². The van der Waals surface area contributed by atoms with E-state index >= 15 is 0 Å². The standard InChI is InChI=1S/C12H22N2O/c1-2-12(6-4-7-12)9-14-11(15)10-5-3-8-13-10/h10,13H,2-9H2,1H3,(H,14,15). The van der Waals surface area contributed by atoms with Gasteiger partial charge in [-0.3, -0.25) is 4.79 Å². The zero-order chi connectivity index (χ0) is 10.7. The summed E-state index contributed by atoms with van der Waals surface area (Å²) in [5.41, 5.74) is 0.439. The lowest BCUT2D eigenvalue weighted by Crippen LogP contribution is -2.47.